The highest BCUT2D eigenvalue weighted by molar-refractivity contribution is 9.10. The lowest BCUT2D eigenvalue weighted by Gasteiger charge is -1.91. The van der Waals surface area contributed by atoms with Gasteiger partial charge in [-0.05, 0) is 27.4 Å². The maximum Gasteiger partial charge on any atom is 0.121 e. The third kappa shape index (κ3) is 1.49. The van der Waals surface area contributed by atoms with Gasteiger partial charge in [-0.1, -0.05) is 0 Å². The Bertz CT molecular complexity index is 413. The van der Waals surface area contributed by atoms with E-state index in [2.05, 4.69) is 21.0 Å². The molecular formula is C8H8BrN3S. The summed E-state index contributed by atoms with van der Waals surface area (Å²) in [6.45, 7) is 0. The molecule has 0 bridgehead atoms. The first-order valence-corrected chi connectivity index (χ1v) is 5.38. The van der Waals surface area contributed by atoms with Gasteiger partial charge in [0.25, 0.3) is 0 Å². The molecule has 2 heterocycles. The minimum absolute atomic E-state index is 0.676. The SMILES string of the molecule is Cn1nc(-c2sccc2Br)cc1N. The lowest BCUT2D eigenvalue weighted by molar-refractivity contribution is 0.783. The van der Waals surface area contributed by atoms with Crippen molar-refractivity contribution in [3.8, 4) is 10.6 Å². The molecule has 0 spiro atoms. The fourth-order valence-corrected chi connectivity index (χ4v) is 2.60. The van der Waals surface area contributed by atoms with Gasteiger partial charge in [-0.2, -0.15) is 5.10 Å². The Morgan fingerprint density at radius 3 is 2.85 bits per heavy atom. The summed E-state index contributed by atoms with van der Waals surface area (Å²) in [4.78, 5) is 1.12. The van der Waals surface area contributed by atoms with Crippen LogP contribution in [-0.2, 0) is 7.05 Å². The molecule has 0 amide bonds. The fraction of sp³-hybridized carbons (Fsp3) is 0.125. The van der Waals surface area contributed by atoms with E-state index in [9.17, 15) is 0 Å². The molecule has 0 radical (unpaired) electrons. The second-order valence-corrected chi connectivity index (χ2v) is 4.45. The van der Waals surface area contributed by atoms with Crippen LogP contribution in [0.25, 0.3) is 10.6 Å². The number of rotatable bonds is 1. The highest BCUT2D eigenvalue weighted by Crippen LogP contribution is 2.33. The van der Waals surface area contributed by atoms with Crippen molar-refractivity contribution in [2.75, 3.05) is 5.73 Å². The molecule has 0 fully saturated rings. The van der Waals surface area contributed by atoms with E-state index < -0.39 is 0 Å². The Labute approximate surface area is 88.3 Å². The van der Waals surface area contributed by atoms with Crippen LogP contribution < -0.4 is 5.73 Å². The number of aryl methyl sites for hydroxylation is 1. The van der Waals surface area contributed by atoms with Gasteiger partial charge in [-0.15, -0.1) is 11.3 Å². The summed E-state index contributed by atoms with van der Waals surface area (Å²) in [7, 11) is 1.83. The van der Waals surface area contributed by atoms with Gasteiger partial charge in [0.1, 0.15) is 11.5 Å². The minimum atomic E-state index is 0.676. The van der Waals surface area contributed by atoms with Crippen LogP contribution >= 0.6 is 27.3 Å². The van der Waals surface area contributed by atoms with Crippen LogP contribution in [0, 0.1) is 0 Å². The Kier molecular flexibility index (Phi) is 2.13. The molecule has 0 unspecified atom stereocenters. The van der Waals surface area contributed by atoms with Crippen molar-refractivity contribution in [2.45, 2.75) is 0 Å². The predicted molar refractivity (Wildman–Crippen MR) is 58.6 cm³/mol. The molecule has 2 aromatic heterocycles. The van der Waals surface area contributed by atoms with Gasteiger partial charge < -0.3 is 5.73 Å². The number of hydrogen-bond acceptors (Lipinski definition) is 3. The molecule has 3 nitrogen and oxygen atoms in total. The summed E-state index contributed by atoms with van der Waals surface area (Å²) in [5, 5.41) is 6.30. The lowest BCUT2D eigenvalue weighted by Crippen LogP contribution is -1.96. The van der Waals surface area contributed by atoms with Crippen molar-refractivity contribution < 1.29 is 0 Å². The average molecular weight is 258 g/mol. The van der Waals surface area contributed by atoms with E-state index in [4.69, 9.17) is 5.73 Å². The van der Waals surface area contributed by atoms with Crippen LogP contribution in [0.15, 0.2) is 22.0 Å². The number of nitrogens with zero attached hydrogens (tertiary/aromatic N) is 2. The van der Waals surface area contributed by atoms with E-state index in [-0.39, 0.29) is 0 Å². The van der Waals surface area contributed by atoms with Gasteiger partial charge in [0.05, 0.1) is 4.88 Å². The van der Waals surface area contributed by atoms with Crippen LogP contribution in [0.2, 0.25) is 0 Å². The third-order valence-corrected chi connectivity index (χ3v) is 3.63. The summed E-state index contributed by atoms with van der Waals surface area (Å²) in [5.74, 6) is 0.676. The van der Waals surface area contributed by atoms with Crippen LogP contribution in [0.5, 0.6) is 0 Å². The first-order valence-electron chi connectivity index (χ1n) is 3.71. The van der Waals surface area contributed by atoms with Crippen molar-refractivity contribution in [3.05, 3.63) is 22.0 Å². The van der Waals surface area contributed by atoms with E-state index in [0.29, 0.717) is 5.82 Å². The zero-order valence-electron chi connectivity index (χ0n) is 6.99. The molecule has 13 heavy (non-hydrogen) atoms. The summed E-state index contributed by atoms with van der Waals surface area (Å²) in [5.41, 5.74) is 6.60. The largest absolute Gasteiger partial charge is 0.384 e. The van der Waals surface area contributed by atoms with E-state index in [1.54, 1.807) is 16.0 Å². The smallest absolute Gasteiger partial charge is 0.121 e. The number of thiophene rings is 1. The molecule has 0 aromatic carbocycles. The van der Waals surface area contributed by atoms with Gasteiger partial charge in [-0.3, -0.25) is 4.68 Å². The number of nitrogen functional groups attached to an aromatic ring is 1. The third-order valence-electron chi connectivity index (χ3n) is 1.77. The zero-order chi connectivity index (χ0) is 9.42. The Morgan fingerprint density at radius 2 is 2.38 bits per heavy atom. The topological polar surface area (TPSA) is 43.8 Å². The van der Waals surface area contributed by atoms with E-state index in [1.165, 1.54) is 0 Å². The van der Waals surface area contributed by atoms with Crippen LogP contribution in [0.1, 0.15) is 0 Å². The fourth-order valence-electron chi connectivity index (χ4n) is 1.07. The number of halogens is 1. The average Bonchev–Trinajstić information content (AvgIpc) is 2.60. The van der Waals surface area contributed by atoms with Crippen molar-refractivity contribution in [1.29, 1.82) is 0 Å². The number of nitrogens with two attached hydrogens (primary N) is 1. The quantitative estimate of drug-likeness (QED) is 0.854. The van der Waals surface area contributed by atoms with Gasteiger partial charge in [0.15, 0.2) is 0 Å². The summed E-state index contributed by atoms with van der Waals surface area (Å²) >= 11 is 5.10. The monoisotopic (exact) mass is 257 g/mol. The highest BCUT2D eigenvalue weighted by atomic mass is 79.9. The Balaban J connectivity index is 2.53. The summed E-state index contributed by atoms with van der Waals surface area (Å²) < 4.78 is 2.73. The standard InChI is InChI=1S/C8H8BrN3S/c1-12-7(10)4-6(11-12)8-5(9)2-3-13-8/h2-4H,10H2,1H3. The van der Waals surface area contributed by atoms with E-state index in [1.807, 2.05) is 24.6 Å². The molecule has 2 N–H and O–H groups in total. The molecule has 0 saturated heterocycles. The lowest BCUT2D eigenvalue weighted by atomic mass is 10.3. The molecule has 2 aromatic rings. The van der Waals surface area contributed by atoms with Crippen molar-refractivity contribution in [1.82, 2.24) is 9.78 Å². The summed E-state index contributed by atoms with van der Waals surface area (Å²) in [6, 6.07) is 3.88. The molecule has 0 aliphatic rings. The van der Waals surface area contributed by atoms with Crippen LogP contribution in [0.4, 0.5) is 5.82 Å². The molecular weight excluding hydrogens is 250 g/mol. The molecule has 0 aliphatic heterocycles. The number of hydrogen-bond donors (Lipinski definition) is 1. The Hall–Kier alpha value is -0.810. The molecule has 2 rings (SSSR count). The second-order valence-electron chi connectivity index (χ2n) is 2.68. The van der Waals surface area contributed by atoms with E-state index in [0.717, 1.165) is 15.0 Å². The molecule has 0 aliphatic carbocycles. The van der Waals surface area contributed by atoms with Gasteiger partial charge in [0, 0.05) is 17.6 Å². The highest BCUT2D eigenvalue weighted by Gasteiger charge is 2.09. The normalized spacial score (nSPS) is 10.6. The predicted octanol–water partition coefficient (Wildman–Crippen LogP) is 2.49. The maximum atomic E-state index is 5.69. The maximum absolute atomic E-state index is 5.69. The van der Waals surface area contributed by atoms with Crippen molar-refractivity contribution in [2.24, 2.45) is 7.05 Å². The molecule has 0 atom stereocenters. The first-order chi connectivity index (χ1) is 6.18. The van der Waals surface area contributed by atoms with Gasteiger partial charge in [-0.25, -0.2) is 0 Å². The number of anilines is 1. The second kappa shape index (κ2) is 3.16. The molecule has 0 saturated carbocycles. The Morgan fingerprint density at radius 1 is 1.62 bits per heavy atom. The molecule has 5 heteroatoms. The summed E-state index contributed by atoms with van der Waals surface area (Å²) in [6.07, 6.45) is 0. The first kappa shape index (κ1) is 8.77. The molecule has 68 valence electrons. The zero-order valence-corrected chi connectivity index (χ0v) is 9.39. The number of aromatic nitrogens is 2. The van der Waals surface area contributed by atoms with Gasteiger partial charge >= 0.3 is 0 Å². The van der Waals surface area contributed by atoms with Crippen molar-refractivity contribution >= 4 is 33.1 Å². The van der Waals surface area contributed by atoms with Crippen molar-refractivity contribution in [3.63, 3.8) is 0 Å². The minimum Gasteiger partial charge on any atom is -0.384 e. The van der Waals surface area contributed by atoms with Gasteiger partial charge in [0.2, 0.25) is 0 Å². The van der Waals surface area contributed by atoms with E-state index >= 15 is 0 Å². The van der Waals surface area contributed by atoms with Crippen LogP contribution in [-0.4, -0.2) is 9.78 Å². The van der Waals surface area contributed by atoms with Crippen LogP contribution in [0.3, 0.4) is 0 Å².